The Kier molecular flexibility index (Phi) is 6.75. The number of aromatic nitrogens is 1. The van der Waals surface area contributed by atoms with Crippen molar-refractivity contribution in [2.45, 2.75) is 5.41 Å². The van der Waals surface area contributed by atoms with Gasteiger partial charge in [0.2, 0.25) is 0 Å². The summed E-state index contributed by atoms with van der Waals surface area (Å²) in [7, 11) is 0. The fourth-order valence-corrected chi connectivity index (χ4v) is 8.62. The third-order valence-corrected chi connectivity index (χ3v) is 10.6. The Hall–Kier alpha value is -6.64. The maximum atomic E-state index is 2.44. The minimum absolute atomic E-state index is 0.488. The standard InChI is InChI=1S/C49H34N2/c1-4-18-35(19-5-1)49(44-30-13-10-26-40(44)41-27-11-14-31-45(41)49)36-20-16-25-39(34-36)50(37-21-6-2-7-22-37)47-33-17-29-43-42-28-12-15-32-46(42)51(48(43)47)38-23-8-3-9-24-38/h1-34H. The Morgan fingerprint density at radius 2 is 0.922 bits per heavy atom. The highest BCUT2D eigenvalue weighted by Crippen LogP contribution is 2.56. The van der Waals surface area contributed by atoms with Crippen LogP contribution in [0.2, 0.25) is 0 Å². The van der Waals surface area contributed by atoms with Crippen LogP contribution in [0.15, 0.2) is 206 Å². The molecule has 0 bridgehead atoms. The molecule has 2 heteroatoms. The number of hydrogen-bond donors (Lipinski definition) is 0. The molecule has 8 aromatic carbocycles. The van der Waals surface area contributed by atoms with Gasteiger partial charge in [-0.15, -0.1) is 0 Å². The molecule has 0 atom stereocenters. The van der Waals surface area contributed by atoms with Gasteiger partial charge in [0.15, 0.2) is 0 Å². The average Bonchev–Trinajstić information content (AvgIpc) is 3.71. The Labute approximate surface area is 298 Å². The van der Waals surface area contributed by atoms with Crippen molar-refractivity contribution in [2.75, 3.05) is 4.90 Å². The summed E-state index contributed by atoms with van der Waals surface area (Å²) in [6.45, 7) is 0. The minimum atomic E-state index is -0.488. The van der Waals surface area contributed by atoms with Crippen LogP contribution in [0.25, 0.3) is 38.6 Å². The molecular weight excluding hydrogens is 617 g/mol. The maximum absolute atomic E-state index is 2.44. The largest absolute Gasteiger partial charge is 0.308 e. The van der Waals surface area contributed by atoms with E-state index in [1.54, 1.807) is 0 Å². The van der Waals surface area contributed by atoms with Gasteiger partial charge in [-0.25, -0.2) is 0 Å². The molecule has 10 rings (SSSR count). The first-order valence-corrected chi connectivity index (χ1v) is 17.6. The molecule has 1 aromatic heterocycles. The van der Waals surface area contributed by atoms with E-state index in [2.05, 4.69) is 216 Å². The summed E-state index contributed by atoms with van der Waals surface area (Å²) < 4.78 is 2.43. The molecule has 0 N–H and O–H groups in total. The van der Waals surface area contributed by atoms with E-state index in [0.717, 1.165) is 22.7 Å². The topological polar surface area (TPSA) is 8.17 Å². The van der Waals surface area contributed by atoms with Crippen LogP contribution in [0.3, 0.4) is 0 Å². The molecule has 9 aromatic rings. The molecule has 0 unspecified atom stereocenters. The zero-order chi connectivity index (χ0) is 33.8. The Bertz CT molecular complexity index is 2640. The molecule has 0 amide bonds. The van der Waals surface area contributed by atoms with Gasteiger partial charge in [0.25, 0.3) is 0 Å². The van der Waals surface area contributed by atoms with Crippen molar-refractivity contribution >= 4 is 38.9 Å². The molecule has 0 saturated carbocycles. The second-order valence-corrected chi connectivity index (χ2v) is 13.3. The molecular formula is C49H34N2. The molecule has 0 aliphatic heterocycles. The fraction of sp³-hybridized carbons (Fsp3) is 0.0204. The van der Waals surface area contributed by atoms with E-state index in [0.29, 0.717) is 0 Å². The Balaban J connectivity index is 1.28. The number of anilines is 3. The number of nitrogens with zero attached hydrogens (tertiary/aromatic N) is 2. The lowest BCUT2D eigenvalue weighted by atomic mass is 9.67. The summed E-state index contributed by atoms with van der Waals surface area (Å²) in [5, 5.41) is 2.46. The van der Waals surface area contributed by atoms with Gasteiger partial charge >= 0.3 is 0 Å². The van der Waals surface area contributed by atoms with Crippen molar-refractivity contribution in [2.24, 2.45) is 0 Å². The third kappa shape index (κ3) is 4.36. The first-order chi connectivity index (χ1) is 25.3. The van der Waals surface area contributed by atoms with Crippen molar-refractivity contribution < 1.29 is 0 Å². The predicted molar refractivity (Wildman–Crippen MR) is 213 cm³/mol. The molecule has 1 aliphatic rings. The van der Waals surface area contributed by atoms with Crippen molar-refractivity contribution in [3.8, 4) is 16.8 Å². The predicted octanol–water partition coefficient (Wildman–Crippen LogP) is 12.6. The lowest BCUT2D eigenvalue weighted by molar-refractivity contribution is 0.768. The summed E-state index contributed by atoms with van der Waals surface area (Å²) in [5.41, 5.74) is 14.1. The first kappa shape index (κ1) is 29.3. The monoisotopic (exact) mass is 650 g/mol. The molecule has 2 nitrogen and oxygen atoms in total. The zero-order valence-corrected chi connectivity index (χ0v) is 28.0. The fourth-order valence-electron chi connectivity index (χ4n) is 8.62. The number of para-hydroxylation sites is 4. The van der Waals surface area contributed by atoms with E-state index in [-0.39, 0.29) is 0 Å². The first-order valence-electron chi connectivity index (χ1n) is 17.6. The highest BCUT2D eigenvalue weighted by molar-refractivity contribution is 6.14. The van der Waals surface area contributed by atoms with Crippen LogP contribution in [0, 0.1) is 0 Å². The van der Waals surface area contributed by atoms with Crippen LogP contribution in [-0.2, 0) is 5.41 Å². The lowest BCUT2D eigenvalue weighted by Gasteiger charge is -2.35. The normalized spacial score (nSPS) is 12.9. The highest BCUT2D eigenvalue weighted by atomic mass is 15.2. The van der Waals surface area contributed by atoms with E-state index in [1.165, 1.54) is 55.2 Å². The van der Waals surface area contributed by atoms with Gasteiger partial charge in [-0.05, 0) is 81.9 Å². The Morgan fingerprint density at radius 3 is 1.65 bits per heavy atom. The van der Waals surface area contributed by atoms with Gasteiger partial charge in [0.05, 0.1) is 22.1 Å². The second-order valence-electron chi connectivity index (χ2n) is 13.3. The second kappa shape index (κ2) is 11.8. The quantitative estimate of drug-likeness (QED) is 0.174. The van der Waals surface area contributed by atoms with Gasteiger partial charge in [-0.3, -0.25) is 0 Å². The van der Waals surface area contributed by atoms with Crippen LogP contribution < -0.4 is 4.90 Å². The SMILES string of the molecule is c1ccc(N(c2cccc(C3(c4ccccc4)c4ccccc4-c4ccccc43)c2)c2cccc3c4ccccc4n(-c4ccccc4)c23)cc1. The molecule has 1 heterocycles. The number of fused-ring (bicyclic) bond motifs is 6. The molecule has 0 saturated heterocycles. The van der Waals surface area contributed by atoms with Gasteiger partial charge in [0.1, 0.15) is 0 Å². The van der Waals surface area contributed by atoms with E-state index < -0.39 is 5.41 Å². The molecule has 0 radical (unpaired) electrons. The summed E-state index contributed by atoms with van der Waals surface area (Å²) >= 11 is 0. The zero-order valence-electron chi connectivity index (χ0n) is 28.0. The van der Waals surface area contributed by atoms with E-state index in [9.17, 15) is 0 Å². The summed E-state index contributed by atoms with van der Waals surface area (Å²) in [5.74, 6) is 0. The molecule has 0 spiro atoms. The van der Waals surface area contributed by atoms with Crippen molar-refractivity contribution in [1.29, 1.82) is 0 Å². The third-order valence-electron chi connectivity index (χ3n) is 10.6. The molecule has 0 fully saturated rings. The maximum Gasteiger partial charge on any atom is 0.0782 e. The number of rotatable bonds is 6. The number of hydrogen-bond acceptors (Lipinski definition) is 1. The van der Waals surface area contributed by atoms with E-state index in [1.807, 2.05) is 0 Å². The summed E-state index contributed by atoms with van der Waals surface area (Å²) in [6.07, 6.45) is 0. The average molecular weight is 651 g/mol. The number of benzene rings is 8. The van der Waals surface area contributed by atoms with Crippen LogP contribution in [0.5, 0.6) is 0 Å². The van der Waals surface area contributed by atoms with Crippen LogP contribution >= 0.6 is 0 Å². The summed E-state index contributed by atoms with van der Waals surface area (Å²) in [6, 6.07) is 75.2. The van der Waals surface area contributed by atoms with Crippen LogP contribution in [-0.4, -0.2) is 4.57 Å². The van der Waals surface area contributed by atoms with Crippen molar-refractivity contribution in [1.82, 2.24) is 4.57 Å². The van der Waals surface area contributed by atoms with Crippen LogP contribution in [0.1, 0.15) is 22.3 Å². The van der Waals surface area contributed by atoms with E-state index in [4.69, 9.17) is 0 Å². The Morgan fingerprint density at radius 1 is 0.392 bits per heavy atom. The van der Waals surface area contributed by atoms with Crippen molar-refractivity contribution in [3.05, 3.63) is 229 Å². The lowest BCUT2D eigenvalue weighted by Crippen LogP contribution is -2.28. The summed E-state index contributed by atoms with van der Waals surface area (Å²) in [4.78, 5) is 2.44. The smallest absolute Gasteiger partial charge is 0.0782 e. The van der Waals surface area contributed by atoms with Crippen LogP contribution in [0.4, 0.5) is 17.1 Å². The van der Waals surface area contributed by atoms with Gasteiger partial charge < -0.3 is 9.47 Å². The van der Waals surface area contributed by atoms with Gasteiger partial charge in [-0.1, -0.05) is 158 Å². The molecule has 51 heavy (non-hydrogen) atoms. The van der Waals surface area contributed by atoms with Gasteiger partial charge in [0, 0.05) is 27.8 Å². The molecule has 240 valence electrons. The van der Waals surface area contributed by atoms with Gasteiger partial charge in [-0.2, -0.15) is 0 Å². The van der Waals surface area contributed by atoms with E-state index >= 15 is 0 Å². The minimum Gasteiger partial charge on any atom is -0.308 e. The van der Waals surface area contributed by atoms with Crippen molar-refractivity contribution in [3.63, 3.8) is 0 Å². The highest BCUT2D eigenvalue weighted by Gasteiger charge is 2.46. The molecule has 1 aliphatic carbocycles.